The number of nitrogens with one attached hydrogen (secondary N) is 1. The quantitative estimate of drug-likeness (QED) is 0.644. The molecule has 8 heteroatoms. The number of carbonyl (C=O) groups is 1. The van der Waals surface area contributed by atoms with Gasteiger partial charge in [0.05, 0.1) is 11.9 Å². The van der Waals surface area contributed by atoms with Gasteiger partial charge in [0.2, 0.25) is 0 Å². The lowest BCUT2D eigenvalue weighted by atomic mass is 9.97. The van der Waals surface area contributed by atoms with Crippen molar-refractivity contribution in [3.05, 3.63) is 56.4 Å². The third-order valence-corrected chi connectivity index (χ3v) is 7.54. The first kappa shape index (κ1) is 21.2. The standard InChI is InChI=1S/C24H28N4O3S/c1-16-6-8-17(9-7-16)31-15-21(29)28-12-10-27(11-13-28)14-20-25-23(30)22-18-4-2-3-5-19(18)32-24(22)26-20/h6-9H,2-5,10-15H2,1H3,(H,25,26,30). The van der Waals surface area contributed by atoms with E-state index in [4.69, 9.17) is 9.72 Å². The number of rotatable bonds is 5. The highest BCUT2D eigenvalue weighted by atomic mass is 32.1. The Morgan fingerprint density at radius 2 is 1.88 bits per heavy atom. The van der Waals surface area contributed by atoms with Crippen LogP contribution in [0.1, 0.15) is 34.7 Å². The van der Waals surface area contributed by atoms with E-state index in [1.165, 1.54) is 16.9 Å². The lowest BCUT2D eigenvalue weighted by molar-refractivity contribution is -0.135. The predicted molar refractivity (Wildman–Crippen MR) is 125 cm³/mol. The number of amides is 1. The van der Waals surface area contributed by atoms with E-state index in [1.54, 1.807) is 11.3 Å². The second kappa shape index (κ2) is 9.03. The van der Waals surface area contributed by atoms with Gasteiger partial charge in [0, 0.05) is 31.1 Å². The fourth-order valence-corrected chi connectivity index (χ4v) is 5.80. The zero-order chi connectivity index (χ0) is 22.1. The van der Waals surface area contributed by atoms with E-state index in [-0.39, 0.29) is 18.1 Å². The van der Waals surface area contributed by atoms with Crippen molar-refractivity contribution in [1.82, 2.24) is 19.8 Å². The smallest absolute Gasteiger partial charge is 0.260 e. The molecule has 7 nitrogen and oxygen atoms in total. The maximum Gasteiger partial charge on any atom is 0.260 e. The molecule has 1 saturated heterocycles. The Morgan fingerprint density at radius 3 is 2.66 bits per heavy atom. The van der Waals surface area contributed by atoms with Gasteiger partial charge in [-0.2, -0.15) is 0 Å². The summed E-state index contributed by atoms with van der Waals surface area (Å²) in [6.07, 6.45) is 4.40. The third-order valence-electron chi connectivity index (χ3n) is 6.36. The molecule has 168 valence electrons. The van der Waals surface area contributed by atoms with Crippen LogP contribution in [0.4, 0.5) is 0 Å². The average Bonchev–Trinajstić information content (AvgIpc) is 3.18. The molecule has 2 aliphatic rings. The number of fused-ring (bicyclic) bond motifs is 3. The van der Waals surface area contributed by atoms with Crippen LogP contribution < -0.4 is 10.3 Å². The molecule has 3 aromatic rings. The van der Waals surface area contributed by atoms with Crippen LogP contribution in [0.5, 0.6) is 5.75 Å². The Balaban J connectivity index is 1.17. The molecule has 0 atom stereocenters. The molecular weight excluding hydrogens is 424 g/mol. The van der Waals surface area contributed by atoms with Crippen molar-refractivity contribution in [2.45, 2.75) is 39.2 Å². The number of aromatic amines is 1. The number of thiophene rings is 1. The summed E-state index contributed by atoms with van der Waals surface area (Å²) in [7, 11) is 0. The molecule has 0 unspecified atom stereocenters. The van der Waals surface area contributed by atoms with Gasteiger partial charge in [-0.05, 0) is 50.3 Å². The number of aryl methyl sites for hydroxylation is 3. The molecule has 1 N–H and O–H groups in total. The van der Waals surface area contributed by atoms with Crippen LogP contribution in [-0.4, -0.2) is 58.5 Å². The maximum atomic E-state index is 12.7. The number of ether oxygens (including phenoxy) is 1. The number of carbonyl (C=O) groups excluding carboxylic acids is 1. The van der Waals surface area contributed by atoms with Gasteiger partial charge >= 0.3 is 0 Å². The summed E-state index contributed by atoms with van der Waals surface area (Å²) in [5, 5.41) is 0.803. The Kier molecular flexibility index (Phi) is 5.97. The van der Waals surface area contributed by atoms with Gasteiger partial charge in [-0.3, -0.25) is 14.5 Å². The summed E-state index contributed by atoms with van der Waals surface area (Å²) < 4.78 is 5.63. The van der Waals surface area contributed by atoms with E-state index in [0.29, 0.717) is 31.2 Å². The second-order valence-corrected chi connectivity index (χ2v) is 9.75. The van der Waals surface area contributed by atoms with Crippen molar-refractivity contribution in [2.24, 2.45) is 0 Å². The Hall–Kier alpha value is -2.71. The monoisotopic (exact) mass is 452 g/mol. The van der Waals surface area contributed by atoms with Gasteiger partial charge in [-0.25, -0.2) is 4.98 Å². The van der Waals surface area contributed by atoms with Gasteiger partial charge in [-0.15, -0.1) is 11.3 Å². The molecule has 32 heavy (non-hydrogen) atoms. The highest BCUT2D eigenvalue weighted by Crippen LogP contribution is 2.33. The maximum absolute atomic E-state index is 12.7. The van der Waals surface area contributed by atoms with Crippen LogP contribution in [0.3, 0.4) is 0 Å². The summed E-state index contributed by atoms with van der Waals surface area (Å²) in [6, 6.07) is 7.71. The highest BCUT2D eigenvalue weighted by Gasteiger charge is 2.23. The predicted octanol–water partition coefficient (Wildman–Crippen LogP) is 2.90. The SMILES string of the molecule is Cc1ccc(OCC(=O)N2CCN(Cc3nc4sc5c(c4c(=O)[nH]3)CCCC5)CC2)cc1. The number of aromatic nitrogens is 2. The van der Waals surface area contributed by atoms with Gasteiger partial charge in [0.25, 0.3) is 11.5 Å². The molecule has 5 rings (SSSR count). The summed E-state index contributed by atoms with van der Waals surface area (Å²) in [6.45, 7) is 5.46. The normalized spacial score (nSPS) is 16.8. The van der Waals surface area contributed by atoms with E-state index in [2.05, 4.69) is 9.88 Å². The topological polar surface area (TPSA) is 78.5 Å². The van der Waals surface area contributed by atoms with Crippen molar-refractivity contribution < 1.29 is 9.53 Å². The number of piperazine rings is 1. The fraction of sp³-hybridized carbons (Fsp3) is 0.458. The van der Waals surface area contributed by atoms with Gasteiger partial charge in [0.1, 0.15) is 16.4 Å². The van der Waals surface area contributed by atoms with Gasteiger partial charge < -0.3 is 14.6 Å². The van der Waals surface area contributed by atoms with Crippen LogP contribution in [0, 0.1) is 6.92 Å². The van der Waals surface area contributed by atoms with Gasteiger partial charge in [0.15, 0.2) is 6.61 Å². The molecule has 1 aliphatic heterocycles. The molecule has 0 spiro atoms. The molecule has 0 bridgehead atoms. The summed E-state index contributed by atoms with van der Waals surface area (Å²) in [5.41, 5.74) is 2.37. The van der Waals surface area contributed by atoms with Crippen molar-refractivity contribution in [2.75, 3.05) is 32.8 Å². The minimum atomic E-state index is -0.00790. The van der Waals surface area contributed by atoms with Crippen LogP contribution in [0.15, 0.2) is 29.1 Å². The van der Waals surface area contributed by atoms with Gasteiger partial charge in [-0.1, -0.05) is 17.7 Å². The summed E-state index contributed by atoms with van der Waals surface area (Å²) >= 11 is 1.68. The lowest BCUT2D eigenvalue weighted by Crippen LogP contribution is -2.49. The minimum Gasteiger partial charge on any atom is -0.484 e. The first-order chi connectivity index (χ1) is 15.6. The Bertz CT molecular complexity index is 1180. The third kappa shape index (κ3) is 4.42. The molecular formula is C24H28N4O3S. The molecule has 1 aromatic carbocycles. The number of hydrogen-bond acceptors (Lipinski definition) is 6. The van der Waals surface area contributed by atoms with Crippen LogP contribution in [-0.2, 0) is 24.2 Å². The molecule has 1 amide bonds. The van der Waals surface area contributed by atoms with E-state index >= 15 is 0 Å². The molecule has 3 heterocycles. The second-order valence-electron chi connectivity index (χ2n) is 8.66. The van der Waals surface area contributed by atoms with Crippen molar-refractivity contribution in [3.63, 3.8) is 0 Å². The zero-order valence-corrected chi connectivity index (χ0v) is 19.2. The highest BCUT2D eigenvalue weighted by molar-refractivity contribution is 7.18. The van der Waals surface area contributed by atoms with E-state index < -0.39 is 0 Å². The largest absolute Gasteiger partial charge is 0.484 e. The minimum absolute atomic E-state index is 0.00217. The van der Waals surface area contributed by atoms with Crippen LogP contribution >= 0.6 is 11.3 Å². The Labute approximate surface area is 191 Å². The first-order valence-corrected chi connectivity index (χ1v) is 12.1. The summed E-state index contributed by atoms with van der Waals surface area (Å²) in [5.74, 6) is 1.43. The van der Waals surface area contributed by atoms with E-state index in [9.17, 15) is 9.59 Å². The molecule has 1 fully saturated rings. The lowest BCUT2D eigenvalue weighted by Gasteiger charge is -2.34. The molecule has 2 aromatic heterocycles. The number of benzene rings is 1. The number of H-pyrrole nitrogens is 1. The zero-order valence-electron chi connectivity index (χ0n) is 18.4. The first-order valence-electron chi connectivity index (χ1n) is 11.3. The van der Waals surface area contributed by atoms with Crippen molar-refractivity contribution in [1.29, 1.82) is 0 Å². The fourth-order valence-electron chi connectivity index (χ4n) is 4.52. The van der Waals surface area contributed by atoms with E-state index in [0.717, 1.165) is 48.1 Å². The Morgan fingerprint density at radius 1 is 1.12 bits per heavy atom. The van der Waals surface area contributed by atoms with Crippen molar-refractivity contribution >= 4 is 27.5 Å². The molecule has 0 radical (unpaired) electrons. The average molecular weight is 453 g/mol. The van der Waals surface area contributed by atoms with Crippen LogP contribution in [0.25, 0.3) is 10.2 Å². The van der Waals surface area contributed by atoms with Crippen LogP contribution in [0.2, 0.25) is 0 Å². The summed E-state index contributed by atoms with van der Waals surface area (Å²) in [4.78, 5) is 39.3. The van der Waals surface area contributed by atoms with E-state index in [1.807, 2.05) is 36.1 Å². The molecule has 0 saturated carbocycles. The van der Waals surface area contributed by atoms with Crippen molar-refractivity contribution in [3.8, 4) is 5.75 Å². The number of hydrogen-bond donors (Lipinski definition) is 1. The molecule has 1 aliphatic carbocycles. The number of nitrogens with zero attached hydrogens (tertiary/aromatic N) is 3.